The van der Waals surface area contributed by atoms with Crippen molar-refractivity contribution in [3.05, 3.63) is 121 Å². The first-order valence-corrected chi connectivity index (χ1v) is 28.7. The number of aliphatic imine (C=N–C) groups is 1. The predicted molar refractivity (Wildman–Crippen MR) is 296 cm³/mol. The van der Waals surface area contributed by atoms with E-state index in [2.05, 4.69) is 186 Å². The zero-order chi connectivity index (χ0) is 49.5. The SMILES string of the molecule is C.CCOP(=O)(CC(Br)CBr)OCC.CCOP(=O)(CC1C[N+](c2c(C)cc(C)cc2C)=CN1c1c(C)cc(C)cc1C)OCC.Cc1cc(C)c(CC=Nc2c(C)cc(C)cc2C)c(C)c1.[Br-]. The number of anilines is 1. The van der Waals surface area contributed by atoms with E-state index in [4.69, 9.17) is 23.1 Å². The lowest BCUT2D eigenvalue weighted by molar-refractivity contribution is -0.428. The fourth-order valence-corrected chi connectivity index (χ4v) is 14.3. The van der Waals surface area contributed by atoms with E-state index in [1.54, 1.807) is 0 Å². The first-order chi connectivity index (χ1) is 31.0. The van der Waals surface area contributed by atoms with Crippen molar-refractivity contribution in [2.75, 3.05) is 55.5 Å². The molecule has 9 nitrogen and oxygen atoms in total. The molecule has 0 aliphatic carbocycles. The molecule has 0 amide bonds. The van der Waals surface area contributed by atoms with E-state index in [9.17, 15) is 9.13 Å². The van der Waals surface area contributed by atoms with Crippen LogP contribution in [-0.2, 0) is 33.6 Å². The van der Waals surface area contributed by atoms with Gasteiger partial charge in [-0.15, -0.1) is 0 Å². The average molecular weight is 1170 g/mol. The van der Waals surface area contributed by atoms with E-state index in [0.29, 0.717) is 38.8 Å². The summed E-state index contributed by atoms with van der Waals surface area (Å²) >= 11 is 6.66. The van der Waals surface area contributed by atoms with Gasteiger partial charge in [-0.2, -0.15) is 0 Å². The Bertz CT molecular complexity index is 2310. The third-order valence-electron chi connectivity index (χ3n) is 11.2. The smallest absolute Gasteiger partial charge is 0.335 e. The molecule has 4 aromatic rings. The molecule has 2 unspecified atom stereocenters. The molecule has 4 aromatic carbocycles. The average Bonchev–Trinajstić information content (AvgIpc) is 3.57. The molecule has 1 aliphatic heterocycles. The number of halogens is 3. The molecule has 0 saturated carbocycles. The summed E-state index contributed by atoms with van der Waals surface area (Å²) in [6.07, 6.45) is 5.88. The summed E-state index contributed by atoms with van der Waals surface area (Å²) in [4.78, 5) is 7.13. The molecule has 0 aromatic heterocycles. The monoisotopic (exact) mass is 1170 g/mol. The van der Waals surface area contributed by atoms with Gasteiger partial charge >= 0.3 is 15.2 Å². The van der Waals surface area contributed by atoms with E-state index < -0.39 is 15.2 Å². The van der Waals surface area contributed by atoms with E-state index in [1.165, 1.54) is 83.7 Å². The fourth-order valence-electron chi connectivity index (χ4n) is 9.10. The Morgan fingerprint density at radius 3 is 1.44 bits per heavy atom. The Morgan fingerprint density at radius 1 is 0.647 bits per heavy atom. The van der Waals surface area contributed by atoms with E-state index >= 15 is 0 Å². The normalized spacial score (nSPS) is 14.1. The van der Waals surface area contributed by atoms with E-state index in [-0.39, 0.29) is 35.3 Å². The molecule has 380 valence electrons. The molecule has 1 heterocycles. The molecule has 0 bridgehead atoms. The molecule has 0 N–H and O–H groups in total. The maximum Gasteiger partial charge on any atom is 0.335 e. The van der Waals surface area contributed by atoms with Crippen LogP contribution in [0.25, 0.3) is 0 Å². The second-order valence-electron chi connectivity index (χ2n) is 17.5. The summed E-state index contributed by atoms with van der Waals surface area (Å²) in [5.74, 6) is 0. The molecule has 0 radical (unpaired) electrons. The van der Waals surface area contributed by atoms with Gasteiger partial charge in [-0.05, 0) is 161 Å². The van der Waals surface area contributed by atoms with Crippen LogP contribution < -0.4 is 21.9 Å². The highest BCUT2D eigenvalue weighted by atomic mass is 79.9. The van der Waals surface area contributed by atoms with E-state index in [0.717, 1.165) is 24.0 Å². The first kappa shape index (κ1) is 63.8. The number of hydrogen-bond acceptors (Lipinski definition) is 8. The Kier molecular flexibility index (Phi) is 28.1. The van der Waals surface area contributed by atoms with Gasteiger partial charge < -0.3 is 35.1 Å². The molecule has 14 heteroatoms. The van der Waals surface area contributed by atoms with Gasteiger partial charge in [-0.3, -0.25) is 14.1 Å². The predicted octanol–water partition coefficient (Wildman–Crippen LogP) is 12.9. The van der Waals surface area contributed by atoms with Crippen LogP contribution in [0.5, 0.6) is 0 Å². The van der Waals surface area contributed by atoms with Gasteiger partial charge in [0.15, 0.2) is 0 Å². The van der Waals surface area contributed by atoms with Crippen molar-refractivity contribution in [2.45, 2.75) is 135 Å². The molecule has 0 saturated heterocycles. The topological polar surface area (TPSA) is 89.7 Å². The number of aryl methyl sites for hydroxylation is 12. The van der Waals surface area contributed by atoms with Crippen LogP contribution in [0.4, 0.5) is 17.1 Å². The van der Waals surface area contributed by atoms with Gasteiger partial charge in [0.05, 0.1) is 44.4 Å². The second-order valence-corrected chi connectivity index (χ2v) is 23.6. The lowest BCUT2D eigenvalue weighted by Crippen LogP contribution is -3.00. The van der Waals surface area contributed by atoms with Crippen LogP contribution in [0.1, 0.15) is 107 Å². The first-order valence-electron chi connectivity index (χ1n) is 23.2. The van der Waals surface area contributed by atoms with Crippen LogP contribution in [0, 0.1) is 83.1 Å². The Morgan fingerprint density at radius 2 is 1.03 bits per heavy atom. The van der Waals surface area contributed by atoms with Gasteiger partial charge in [0, 0.05) is 22.8 Å². The van der Waals surface area contributed by atoms with E-state index in [1.807, 2.05) is 27.7 Å². The van der Waals surface area contributed by atoms with Crippen LogP contribution in [-0.4, -0.2) is 78.6 Å². The highest BCUT2D eigenvalue weighted by Gasteiger charge is 2.42. The van der Waals surface area contributed by atoms with Crippen molar-refractivity contribution in [3.8, 4) is 0 Å². The molecule has 5 rings (SSSR count). The van der Waals surface area contributed by atoms with Crippen molar-refractivity contribution in [3.63, 3.8) is 0 Å². The highest BCUT2D eigenvalue weighted by Crippen LogP contribution is 2.51. The summed E-state index contributed by atoms with van der Waals surface area (Å²) in [5.41, 5.74) is 20.2. The van der Waals surface area contributed by atoms with Gasteiger partial charge in [-0.25, -0.2) is 9.48 Å². The minimum absolute atomic E-state index is 0. The van der Waals surface area contributed by atoms with Crippen LogP contribution >= 0.6 is 47.1 Å². The largest absolute Gasteiger partial charge is 1.00 e. The molecule has 0 fully saturated rings. The van der Waals surface area contributed by atoms with Crippen LogP contribution in [0.2, 0.25) is 0 Å². The zero-order valence-electron chi connectivity index (χ0n) is 43.1. The van der Waals surface area contributed by atoms with Crippen LogP contribution in [0.15, 0.2) is 53.5 Å². The Labute approximate surface area is 439 Å². The third-order valence-corrected chi connectivity index (χ3v) is 18.4. The minimum atomic E-state index is -3.20. The van der Waals surface area contributed by atoms with Crippen molar-refractivity contribution < 1.29 is 48.8 Å². The number of rotatable bonds is 18. The van der Waals surface area contributed by atoms with Gasteiger partial charge in [0.25, 0.3) is 0 Å². The third kappa shape index (κ3) is 18.7. The Hall–Kier alpha value is -2.24. The number of hydrogen-bond donors (Lipinski definition) is 0. The lowest BCUT2D eigenvalue weighted by atomic mass is 9.98. The molecule has 68 heavy (non-hydrogen) atoms. The van der Waals surface area contributed by atoms with Crippen molar-refractivity contribution >= 4 is 76.7 Å². The molecular weight excluding hydrogens is 1090 g/mol. The molecule has 1 aliphatic rings. The van der Waals surface area contributed by atoms with Gasteiger partial charge in [0.2, 0.25) is 6.34 Å². The number of benzene rings is 4. The van der Waals surface area contributed by atoms with Gasteiger partial charge in [0.1, 0.15) is 24.0 Å². The summed E-state index contributed by atoms with van der Waals surface area (Å²) in [5, 5.41) is 0.733. The number of alkyl halides is 2. The molecule has 0 spiro atoms. The summed E-state index contributed by atoms with van der Waals surface area (Å²) in [6, 6.07) is 17.7. The highest BCUT2D eigenvalue weighted by molar-refractivity contribution is 9.12. The zero-order valence-corrected chi connectivity index (χ0v) is 49.7. The number of nitrogens with zero attached hydrogens (tertiary/aromatic N) is 3. The standard InChI is InChI=1S/C26H38N2O3P.C20H25N.C7H15Br2O3P.CH4.BrH/c1-9-30-32(29,31-10-2)16-24-15-27(25-20(5)11-18(3)12-21(25)6)17-28(24)26-22(7)13-19(4)14-23(26)8;1-13-9-15(3)19(16(4)10-13)7-8-21-20-17(5)11-14(2)12-18(20)6;1-3-11-13(10,12-4-2)6-7(9)5-8;;/h11-14,17,24H,9-10,15-16H2,1-8H3;8-12H,7H2,1-6H3;7H,3-6H2,1-2H3;1H4;1H/q+1;;;;/p-1. The summed E-state index contributed by atoms with van der Waals surface area (Å²) in [6.45, 7) is 35.4. The Balaban J connectivity index is 0.000000554. The van der Waals surface area contributed by atoms with Crippen molar-refractivity contribution in [1.82, 2.24) is 0 Å². The van der Waals surface area contributed by atoms with Crippen molar-refractivity contribution in [2.24, 2.45) is 4.99 Å². The van der Waals surface area contributed by atoms with Crippen molar-refractivity contribution in [1.29, 1.82) is 0 Å². The molecular formula is C54H82Br3N3O6P2. The minimum Gasteiger partial charge on any atom is -1.00 e. The fraction of sp³-hybridized carbons (Fsp3) is 0.519. The molecule has 2 atom stereocenters. The lowest BCUT2D eigenvalue weighted by Gasteiger charge is -2.24. The maximum absolute atomic E-state index is 13.5. The summed E-state index contributed by atoms with van der Waals surface area (Å²) < 4.78 is 49.3. The van der Waals surface area contributed by atoms with Crippen LogP contribution in [0.3, 0.4) is 0 Å². The summed E-state index contributed by atoms with van der Waals surface area (Å²) in [7, 11) is -6.07. The quantitative estimate of drug-likeness (QED) is 0.0424. The maximum atomic E-state index is 13.5. The van der Waals surface area contributed by atoms with Gasteiger partial charge in [-0.1, -0.05) is 110 Å². The second kappa shape index (κ2) is 29.9.